The zero-order valence-electron chi connectivity index (χ0n) is 11.0. The summed E-state index contributed by atoms with van der Waals surface area (Å²) in [6, 6.07) is 7.75. The number of nitrogens with zero attached hydrogens (tertiary/aromatic N) is 2. The molecule has 0 radical (unpaired) electrons. The predicted molar refractivity (Wildman–Crippen MR) is 75.4 cm³/mol. The molecule has 1 aromatic carbocycles. The lowest BCUT2D eigenvalue weighted by molar-refractivity contribution is 0.102. The molecule has 0 bridgehead atoms. The van der Waals surface area contributed by atoms with Gasteiger partial charge < -0.3 is 10.6 Å². The lowest BCUT2D eigenvalue weighted by Gasteiger charge is -2.07. The molecule has 5 nitrogen and oxygen atoms in total. The van der Waals surface area contributed by atoms with Gasteiger partial charge in [-0.3, -0.25) is 9.78 Å². The van der Waals surface area contributed by atoms with Crippen LogP contribution in [0.4, 0.5) is 11.5 Å². The number of carbonyl (C=O) groups is 1. The summed E-state index contributed by atoms with van der Waals surface area (Å²) in [7, 11) is 1.73. The van der Waals surface area contributed by atoms with Gasteiger partial charge in [-0.15, -0.1) is 0 Å². The number of hydrogen-bond donors (Lipinski definition) is 2. The van der Waals surface area contributed by atoms with Crippen LogP contribution >= 0.6 is 0 Å². The van der Waals surface area contributed by atoms with Gasteiger partial charge in [-0.2, -0.15) is 0 Å². The predicted octanol–water partition coefficient (Wildman–Crippen LogP) is 2.33. The summed E-state index contributed by atoms with van der Waals surface area (Å²) in [6.45, 7) is 2.07. The molecule has 1 aromatic heterocycles. The average Bonchev–Trinajstić information content (AvgIpc) is 2.47. The van der Waals surface area contributed by atoms with Gasteiger partial charge in [-0.25, -0.2) is 4.98 Å². The zero-order chi connectivity index (χ0) is 13.7. The second-order valence-corrected chi connectivity index (χ2v) is 4.05. The molecule has 2 rings (SSSR count). The van der Waals surface area contributed by atoms with Crippen molar-refractivity contribution in [3.8, 4) is 0 Å². The van der Waals surface area contributed by atoms with Crippen molar-refractivity contribution in [2.75, 3.05) is 17.7 Å². The molecule has 0 aliphatic rings. The molecule has 2 aromatic rings. The van der Waals surface area contributed by atoms with Crippen molar-refractivity contribution >= 4 is 17.4 Å². The maximum atomic E-state index is 12.0. The van der Waals surface area contributed by atoms with Gasteiger partial charge in [0.1, 0.15) is 11.5 Å². The Bertz CT molecular complexity index is 583. The molecule has 0 atom stereocenters. The number of aryl methyl sites for hydroxylation is 1. The van der Waals surface area contributed by atoms with Crippen LogP contribution in [0, 0.1) is 0 Å². The summed E-state index contributed by atoms with van der Waals surface area (Å²) in [5.74, 6) is 0.299. The topological polar surface area (TPSA) is 66.9 Å². The molecule has 0 aliphatic carbocycles. The van der Waals surface area contributed by atoms with E-state index >= 15 is 0 Å². The van der Waals surface area contributed by atoms with E-state index in [0.717, 1.165) is 12.1 Å². The average molecular weight is 256 g/mol. The minimum Gasteiger partial charge on any atom is -0.372 e. The van der Waals surface area contributed by atoms with Crippen LogP contribution < -0.4 is 10.6 Å². The minimum absolute atomic E-state index is 0.266. The molecule has 2 N–H and O–H groups in total. The molecule has 0 aliphatic heterocycles. The van der Waals surface area contributed by atoms with Crippen molar-refractivity contribution in [2.24, 2.45) is 0 Å². The van der Waals surface area contributed by atoms with E-state index in [2.05, 4.69) is 27.5 Å². The number of aromatic nitrogens is 2. The van der Waals surface area contributed by atoms with Gasteiger partial charge in [0, 0.05) is 12.7 Å². The first-order valence-electron chi connectivity index (χ1n) is 6.13. The van der Waals surface area contributed by atoms with Crippen molar-refractivity contribution in [3.63, 3.8) is 0 Å². The number of nitrogens with one attached hydrogen (secondary N) is 2. The van der Waals surface area contributed by atoms with Gasteiger partial charge in [0.15, 0.2) is 0 Å². The highest BCUT2D eigenvalue weighted by Gasteiger charge is 2.09. The summed E-state index contributed by atoms with van der Waals surface area (Å²) in [5.41, 5.74) is 2.22. The van der Waals surface area contributed by atoms with Crippen molar-refractivity contribution < 1.29 is 4.79 Å². The van der Waals surface area contributed by atoms with Crippen LogP contribution in [0.5, 0.6) is 0 Å². The molecule has 0 saturated carbocycles. The Balaban J connectivity index is 2.15. The van der Waals surface area contributed by atoms with E-state index in [1.807, 2.05) is 24.3 Å². The number of anilines is 2. The highest BCUT2D eigenvalue weighted by molar-refractivity contribution is 6.02. The maximum absolute atomic E-state index is 12.0. The number of hydrogen-bond acceptors (Lipinski definition) is 4. The third-order valence-electron chi connectivity index (χ3n) is 2.72. The zero-order valence-corrected chi connectivity index (χ0v) is 11.0. The maximum Gasteiger partial charge on any atom is 0.275 e. The first kappa shape index (κ1) is 13.0. The lowest BCUT2D eigenvalue weighted by atomic mass is 10.1. The number of carbonyl (C=O) groups excluding carboxylic acids is 1. The monoisotopic (exact) mass is 256 g/mol. The summed E-state index contributed by atoms with van der Waals surface area (Å²) < 4.78 is 0. The molecule has 5 heteroatoms. The van der Waals surface area contributed by atoms with E-state index < -0.39 is 0 Å². The molecule has 19 heavy (non-hydrogen) atoms. The Labute approximate surface area is 112 Å². The highest BCUT2D eigenvalue weighted by atomic mass is 16.1. The van der Waals surface area contributed by atoms with E-state index in [-0.39, 0.29) is 11.6 Å². The Kier molecular flexibility index (Phi) is 4.07. The first-order valence-corrected chi connectivity index (χ1v) is 6.13. The van der Waals surface area contributed by atoms with Gasteiger partial charge in [-0.1, -0.05) is 19.1 Å². The van der Waals surface area contributed by atoms with Crippen LogP contribution in [0.25, 0.3) is 0 Å². The summed E-state index contributed by atoms with van der Waals surface area (Å²) >= 11 is 0. The molecule has 0 spiro atoms. The van der Waals surface area contributed by atoms with Crippen LogP contribution in [-0.2, 0) is 6.42 Å². The van der Waals surface area contributed by atoms with Crippen molar-refractivity contribution in [3.05, 3.63) is 47.9 Å². The van der Waals surface area contributed by atoms with Crippen LogP contribution in [-0.4, -0.2) is 22.9 Å². The summed E-state index contributed by atoms with van der Waals surface area (Å²) in [4.78, 5) is 20.2. The van der Waals surface area contributed by atoms with E-state index in [4.69, 9.17) is 0 Å². The van der Waals surface area contributed by atoms with Crippen LogP contribution in [0.2, 0.25) is 0 Å². The fourth-order valence-electron chi connectivity index (χ4n) is 1.66. The number of amides is 1. The van der Waals surface area contributed by atoms with Crippen molar-refractivity contribution in [1.29, 1.82) is 0 Å². The first-order chi connectivity index (χ1) is 9.22. The number of rotatable bonds is 4. The van der Waals surface area contributed by atoms with E-state index in [1.165, 1.54) is 11.8 Å². The van der Waals surface area contributed by atoms with Gasteiger partial charge in [0.25, 0.3) is 5.91 Å². The van der Waals surface area contributed by atoms with Gasteiger partial charge in [0.05, 0.1) is 12.4 Å². The third-order valence-corrected chi connectivity index (χ3v) is 2.72. The van der Waals surface area contributed by atoms with E-state index in [1.54, 1.807) is 13.2 Å². The number of benzene rings is 1. The normalized spacial score (nSPS) is 10.0. The van der Waals surface area contributed by atoms with Crippen LogP contribution in [0.3, 0.4) is 0 Å². The summed E-state index contributed by atoms with van der Waals surface area (Å²) in [6.07, 6.45) is 3.94. The fraction of sp³-hybridized carbons (Fsp3) is 0.214. The van der Waals surface area contributed by atoms with Gasteiger partial charge >= 0.3 is 0 Å². The second-order valence-electron chi connectivity index (χ2n) is 4.05. The van der Waals surface area contributed by atoms with Gasteiger partial charge in [0.2, 0.25) is 0 Å². The Morgan fingerprint density at radius 3 is 2.89 bits per heavy atom. The van der Waals surface area contributed by atoms with E-state index in [9.17, 15) is 4.79 Å². The minimum atomic E-state index is -0.266. The lowest BCUT2D eigenvalue weighted by Crippen LogP contribution is -2.14. The van der Waals surface area contributed by atoms with Crippen molar-refractivity contribution in [1.82, 2.24) is 9.97 Å². The third kappa shape index (κ3) is 3.28. The molecular weight excluding hydrogens is 240 g/mol. The second kappa shape index (κ2) is 5.95. The SMILES string of the molecule is CCc1cccc(NC(=O)c2cncc(NC)n2)c1. The van der Waals surface area contributed by atoms with Gasteiger partial charge in [-0.05, 0) is 24.1 Å². The fourth-order valence-corrected chi connectivity index (χ4v) is 1.66. The molecule has 1 amide bonds. The van der Waals surface area contributed by atoms with Crippen molar-refractivity contribution in [2.45, 2.75) is 13.3 Å². The summed E-state index contributed by atoms with van der Waals surface area (Å²) in [5, 5.41) is 5.67. The molecule has 0 saturated heterocycles. The standard InChI is InChI=1S/C14H16N4O/c1-3-10-5-4-6-11(7-10)17-14(19)12-8-16-9-13(15-2)18-12/h4-9H,3H2,1-2H3,(H,15,18)(H,17,19). The largest absolute Gasteiger partial charge is 0.372 e. The Morgan fingerprint density at radius 1 is 1.32 bits per heavy atom. The Hall–Kier alpha value is -2.43. The molecular formula is C14H16N4O. The molecule has 98 valence electrons. The van der Waals surface area contributed by atoms with Crippen LogP contribution in [0.1, 0.15) is 23.0 Å². The molecule has 0 fully saturated rings. The quantitative estimate of drug-likeness (QED) is 0.881. The molecule has 1 heterocycles. The highest BCUT2D eigenvalue weighted by Crippen LogP contribution is 2.12. The molecule has 0 unspecified atom stereocenters. The smallest absolute Gasteiger partial charge is 0.275 e. The van der Waals surface area contributed by atoms with Crippen LogP contribution in [0.15, 0.2) is 36.7 Å². The Morgan fingerprint density at radius 2 is 2.16 bits per heavy atom. The van der Waals surface area contributed by atoms with E-state index in [0.29, 0.717) is 5.82 Å².